The number of nitro benzene ring substituents is 1. The number of nitrogens with zero attached hydrogens (tertiary/aromatic N) is 2. The number of hydrogen-bond acceptors (Lipinski definition) is 6. The molecule has 0 saturated carbocycles. The number of carbonyl (C=O) groups excluding carboxylic acids is 1. The van der Waals surface area contributed by atoms with Crippen molar-refractivity contribution in [3.8, 4) is 0 Å². The van der Waals surface area contributed by atoms with Crippen LogP contribution < -0.4 is 10.9 Å². The van der Waals surface area contributed by atoms with Crippen LogP contribution in [0.15, 0.2) is 34.2 Å². The molecule has 8 nitrogen and oxygen atoms in total. The van der Waals surface area contributed by atoms with Crippen molar-refractivity contribution >= 4 is 29.0 Å². The van der Waals surface area contributed by atoms with E-state index in [1.54, 1.807) is 13.0 Å². The summed E-state index contributed by atoms with van der Waals surface area (Å²) in [5.41, 5.74) is 1.06. The van der Waals surface area contributed by atoms with Crippen LogP contribution in [0.25, 0.3) is 0 Å². The van der Waals surface area contributed by atoms with Crippen molar-refractivity contribution in [2.24, 2.45) is 0 Å². The van der Waals surface area contributed by atoms with Gasteiger partial charge in [-0.25, -0.2) is 4.98 Å². The number of aromatic nitrogens is 2. The number of benzene rings is 1. The van der Waals surface area contributed by atoms with Crippen molar-refractivity contribution < 1.29 is 9.72 Å². The highest BCUT2D eigenvalue weighted by molar-refractivity contribution is 7.99. The van der Waals surface area contributed by atoms with E-state index in [1.165, 1.54) is 18.2 Å². The van der Waals surface area contributed by atoms with Crippen molar-refractivity contribution in [1.82, 2.24) is 9.97 Å². The molecule has 0 fully saturated rings. The Kier molecular flexibility index (Phi) is 5.69. The molecule has 0 bridgehead atoms. The molecule has 0 unspecified atom stereocenters. The van der Waals surface area contributed by atoms with E-state index in [4.69, 9.17) is 0 Å². The molecule has 2 N–H and O–H groups in total. The lowest BCUT2D eigenvalue weighted by Crippen LogP contribution is -2.16. The van der Waals surface area contributed by atoms with Crippen LogP contribution in [-0.4, -0.2) is 26.6 Å². The molecule has 24 heavy (non-hydrogen) atoms. The van der Waals surface area contributed by atoms with Gasteiger partial charge in [0.15, 0.2) is 5.16 Å². The van der Waals surface area contributed by atoms with Crippen LogP contribution in [0.3, 0.4) is 0 Å². The predicted molar refractivity (Wildman–Crippen MR) is 91.4 cm³/mol. The van der Waals surface area contributed by atoms with Gasteiger partial charge in [-0.2, -0.15) is 0 Å². The SMILES string of the molecule is CCc1cc(=O)[nH]c(SCC(=O)Nc2ccc(C)cc2[N+](=O)[O-])n1. The van der Waals surface area contributed by atoms with Gasteiger partial charge in [-0.3, -0.25) is 19.7 Å². The zero-order valence-electron chi connectivity index (χ0n) is 13.2. The molecule has 0 aliphatic rings. The molecule has 1 aromatic heterocycles. The number of thioether (sulfide) groups is 1. The summed E-state index contributed by atoms with van der Waals surface area (Å²) >= 11 is 1.06. The van der Waals surface area contributed by atoms with Gasteiger partial charge >= 0.3 is 0 Å². The van der Waals surface area contributed by atoms with Crippen LogP contribution in [0.5, 0.6) is 0 Å². The highest BCUT2D eigenvalue weighted by Crippen LogP contribution is 2.25. The summed E-state index contributed by atoms with van der Waals surface area (Å²) in [6.45, 7) is 3.61. The van der Waals surface area contributed by atoms with Crippen LogP contribution in [0.2, 0.25) is 0 Å². The van der Waals surface area contributed by atoms with Crippen molar-refractivity contribution in [3.05, 3.63) is 56.0 Å². The third-order valence-electron chi connectivity index (χ3n) is 3.10. The first kappa shape index (κ1) is 17.7. The van der Waals surface area contributed by atoms with Crippen LogP contribution >= 0.6 is 11.8 Å². The zero-order chi connectivity index (χ0) is 17.7. The highest BCUT2D eigenvalue weighted by Gasteiger charge is 2.16. The van der Waals surface area contributed by atoms with Gasteiger partial charge in [-0.15, -0.1) is 0 Å². The molecule has 126 valence electrons. The maximum atomic E-state index is 12.0. The summed E-state index contributed by atoms with van der Waals surface area (Å²) in [6.07, 6.45) is 0.610. The molecule has 0 atom stereocenters. The van der Waals surface area contributed by atoms with Gasteiger partial charge in [0, 0.05) is 17.8 Å². The monoisotopic (exact) mass is 348 g/mol. The maximum Gasteiger partial charge on any atom is 0.293 e. The van der Waals surface area contributed by atoms with E-state index in [2.05, 4.69) is 15.3 Å². The van der Waals surface area contributed by atoms with Gasteiger partial charge in [0.25, 0.3) is 11.2 Å². The maximum absolute atomic E-state index is 12.0. The number of amides is 1. The Morgan fingerprint density at radius 2 is 2.17 bits per heavy atom. The number of nitrogens with one attached hydrogen (secondary N) is 2. The Hall–Kier alpha value is -2.68. The van der Waals surface area contributed by atoms with E-state index < -0.39 is 10.8 Å². The topological polar surface area (TPSA) is 118 Å². The molecule has 1 heterocycles. The van der Waals surface area contributed by atoms with Gasteiger partial charge in [-0.1, -0.05) is 24.8 Å². The average molecular weight is 348 g/mol. The quantitative estimate of drug-likeness (QED) is 0.358. The van der Waals surface area contributed by atoms with Gasteiger partial charge in [0.2, 0.25) is 5.91 Å². The first-order valence-corrected chi connectivity index (χ1v) is 8.15. The third kappa shape index (κ3) is 4.66. The molecular weight excluding hydrogens is 332 g/mol. The standard InChI is InChI=1S/C15H16N4O4S/c1-3-10-7-13(20)18-15(16-10)24-8-14(21)17-11-5-4-9(2)6-12(11)19(22)23/h4-7H,3,8H2,1-2H3,(H,17,21)(H,16,18,20). The molecule has 0 saturated heterocycles. The van der Waals surface area contributed by atoms with Crippen molar-refractivity contribution in [2.75, 3.05) is 11.1 Å². The number of hydrogen-bond donors (Lipinski definition) is 2. The Morgan fingerprint density at radius 1 is 1.42 bits per heavy atom. The number of rotatable bonds is 6. The van der Waals surface area contributed by atoms with Crippen molar-refractivity contribution in [3.63, 3.8) is 0 Å². The molecule has 1 amide bonds. The fourth-order valence-electron chi connectivity index (χ4n) is 1.95. The Balaban J connectivity index is 2.05. The van der Waals surface area contributed by atoms with Gasteiger partial charge in [0.1, 0.15) is 5.69 Å². The molecular formula is C15H16N4O4S. The fraction of sp³-hybridized carbons (Fsp3) is 0.267. The average Bonchev–Trinajstić information content (AvgIpc) is 2.54. The van der Waals surface area contributed by atoms with Crippen LogP contribution in [0.4, 0.5) is 11.4 Å². The van der Waals surface area contributed by atoms with E-state index in [-0.39, 0.29) is 22.7 Å². The van der Waals surface area contributed by atoms with Crippen molar-refractivity contribution in [2.45, 2.75) is 25.4 Å². The van der Waals surface area contributed by atoms with E-state index >= 15 is 0 Å². The van der Waals surface area contributed by atoms with Crippen molar-refractivity contribution in [1.29, 1.82) is 0 Å². The molecule has 0 spiro atoms. The largest absolute Gasteiger partial charge is 0.320 e. The number of carbonyl (C=O) groups is 1. The summed E-state index contributed by atoms with van der Waals surface area (Å²) < 4.78 is 0. The zero-order valence-corrected chi connectivity index (χ0v) is 14.0. The van der Waals surface area contributed by atoms with Crippen LogP contribution in [0.1, 0.15) is 18.2 Å². The van der Waals surface area contributed by atoms with E-state index in [0.29, 0.717) is 17.3 Å². The highest BCUT2D eigenvalue weighted by atomic mass is 32.2. The molecule has 2 aromatic rings. The summed E-state index contributed by atoms with van der Waals surface area (Å²) in [4.78, 5) is 40.7. The number of anilines is 1. The minimum atomic E-state index is -0.542. The Bertz CT molecular complexity index is 834. The third-order valence-corrected chi connectivity index (χ3v) is 3.97. The van der Waals surface area contributed by atoms with E-state index in [9.17, 15) is 19.7 Å². The number of nitro groups is 1. The summed E-state index contributed by atoms with van der Waals surface area (Å²) in [6, 6.07) is 5.97. The smallest absolute Gasteiger partial charge is 0.293 e. The van der Waals surface area contributed by atoms with Crippen LogP contribution in [-0.2, 0) is 11.2 Å². The first-order chi connectivity index (χ1) is 11.4. The molecule has 2 rings (SSSR count). The minimum absolute atomic E-state index is 0.0266. The Labute approximate surface area is 141 Å². The van der Waals surface area contributed by atoms with E-state index in [1.807, 2.05) is 6.92 Å². The van der Waals surface area contributed by atoms with Gasteiger partial charge in [0.05, 0.1) is 10.7 Å². The summed E-state index contributed by atoms with van der Waals surface area (Å²) in [7, 11) is 0. The molecule has 0 aliphatic carbocycles. The minimum Gasteiger partial charge on any atom is -0.320 e. The molecule has 0 radical (unpaired) electrons. The Morgan fingerprint density at radius 3 is 2.83 bits per heavy atom. The predicted octanol–water partition coefficient (Wildman–Crippen LogP) is 2.28. The normalized spacial score (nSPS) is 10.4. The number of aromatic amines is 1. The first-order valence-electron chi connectivity index (χ1n) is 7.17. The lowest BCUT2D eigenvalue weighted by Gasteiger charge is -2.07. The second-order valence-corrected chi connectivity index (χ2v) is 5.97. The second kappa shape index (κ2) is 7.73. The fourth-order valence-corrected chi connectivity index (χ4v) is 2.65. The number of H-pyrrole nitrogens is 1. The number of aryl methyl sites for hydroxylation is 2. The summed E-state index contributed by atoms with van der Waals surface area (Å²) in [5.74, 6) is -0.447. The lowest BCUT2D eigenvalue weighted by molar-refractivity contribution is -0.384. The summed E-state index contributed by atoms with van der Waals surface area (Å²) in [5, 5.41) is 13.9. The molecule has 9 heteroatoms. The lowest BCUT2D eigenvalue weighted by atomic mass is 10.2. The molecule has 0 aliphatic heterocycles. The van der Waals surface area contributed by atoms with Gasteiger partial charge < -0.3 is 10.3 Å². The second-order valence-electron chi connectivity index (χ2n) is 5.01. The van der Waals surface area contributed by atoms with E-state index in [0.717, 1.165) is 17.3 Å². The van der Waals surface area contributed by atoms with Gasteiger partial charge in [-0.05, 0) is 25.0 Å². The van der Waals surface area contributed by atoms with Crippen LogP contribution in [0, 0.1) is 17.0 Å². The molecule has 1 aromatic carbocycles.